The van der Waals surface area contributed by atoms with Crippen molar-refractivity contribution in [1.82, 2.24) is 9.03 Å². The average molecular weight is 495 g/mol. The Bertz CT molecular complexity index is 1110. The molecule has 0 radical (unpaired) electrons. The van der Waals surface area contributed by atoms with Gasteiger partial charge in [0.05, 0.1) is 16.4 Å². The van der Waals surface area contributed by atoms with Gasteiger partial charge in [-0.15, -0.1) is 0 Å². The van der Waals surface area contributed by atoms with Crippen molar-refractivity contribution >= 4 is 20.0 Å². The van der Waals surface area contributed by atoms with E-state index in [1.54, 1.807) is 36.4 Å². The molecule has 2 aromatic carbocycles. The van der Waals surface area contributed by atoms with Gasteiger partial charge in [-0.3, -0.25) is 0 Å². The Morgan fingerprint density at radius 1 is 0.970 bits per heavy atom. The largest absolute Gasteiger partial charge is 0.493 e. The maximum absolute atomic E-state index is 13.2. The molecule has 0 bridgehead atoms. The minimum absolute atomic E-state index is 0.159. The van der Waals surface area contributed by atoms with Crippen LogP contribution in [-0.4, -0.2) is 46.9 Å². The van der Waals surface area contributed by atoms with Gasteiger partial charge in [-0.25, -0.2) is 21.6 Å². The molecule has 1 aliphatic heterocycles. The van der Waals surface area contributed by atoms with Crippen molar-refractivity contribution in [1.29, 1.82) is 0 Å². The summed E-state index contributed by atoms with van der Waals surface area (Å²) in [5, 5.41) is 0. The van der Waals surface area contributed by atoms with Crippen LogP contribution in [0.3, 0.4) is 0 Å². The summed E-state index contributed by atoms with van der Waals surface area (Å²) < 4.78 is 61.5. The monoisotopic (exact) mass is 494 g/mol. The molecule has 0 amide bonds. The van der Waals surface area contributed by atoms with Crippen LogP contribution in [0.15, 0.2) is 58.3 Å². The normalized spacial score (nSPS) is 17.9. The molecular formula is C24H34N2O5S2. The number of ether oxygens (including phenoxy) is 1. The molecule has 1 saturated heterocycles. The fourth-order valence-corrected chi connectivity index (χ4v) is 6.62. The molecule has 1 atom stereocenters. The smallest absolute Gasteiger partial charge is 0.243 e. The average Bonchev–Trinajstić information content (AvgIpc) is 2.78. The fourth-order valence-electron chi connectivity index (χ4n) is 3.85. The summed E-state index contributed by atoms with van der Waals surface area (Å²) in [6, 6.07) is 12.9. The Labute approximate surface area is 198 Å². The van der Waals surface area contributed by atoms with E-state index >= 15 is 0 Å². The number of sulfonamides is 2. The lowest BCUT2D eigenvalue weighted by molar-refractivity contribution is 0.242. The molecule has 0 spiro atoms. The van der Waals surface area contributed by atoms with Crippen LogP contribution in [-0.2, 0) is 20.0 Å². The van der Waals surface area contributed by atoms with Crippen molar-refractivity contribution in [2.45, 2.75) is 62.3 Å². The van der Waals surface area contributed by atoms with Crippen molar-refractivity contribution in [3.8, 4) is 5.75 Å². The summed E-state index contributed by atoms with van der Waals surface area (Å²) >= 11 is 0. The molecule has 0 aliphatic carbocycles. The standard InChI is InChI=1S/C24H34N2O5S2/c1-19(2)18-31-22-9-13-23(14-10-22)32(27,28)25-16-15-21-6-4-5-17-26(21)33(29,30)24-11-7-20(3)8-12-24/h7-14,19,21,25H,4-6,15-18H2,1-3H3. The molecule has 1 aliphatic rings. The number of rotatable bonds is 10. The highest BCUT2D eigenvalue weighted by atomic mass is 32.2. The fraction of sp³-hybridized carbons (Fsp3) is 0.500. The van der Waals surface area contributed by atoms with Gasteiger partial charge in [-0.2, -0.15) is 4.31 Å². The highest BCUT2D eigenvalue weighted by molar-refractivity contribution is 7.89. The van der Waals surface area contributed by atoms with Gasteiger partial charge in [-0.1, -0.05) is 38.0 Å². The Hall–Kier alpha value is -1.94. The zero-order valence-electron chi connectivity index (χ0n) is 19.5. The van der Waals surface area contributed by atoms with Gasteiger partial charge in [0.15, 0.2) is 0 Å². The Morgan fingerprint density at radius 3 is 2.24 bits per heavy atom. The SMILES string of the molecule is Cc1ccc(S(=O)(=O)N2CCCCC2CCNS(=O)(=O)c2ccc(OCC(C)C)cc2)cc1. The van der Waals surface area contributed by atoms with Gasteiger partial charge in [0.2, 0.25) is 20.0 Å². The van der Waals surface area contributed by atoms with Crippen LogP contribution < -0.4 is 9.46 Å². The van der Waals surface area contributed by atoms with Crippen LogP contribution in [0.5, 0.6) is 5.75 Å². The Kier molecular flexibility index (Phi) is 8.55. The van der Waals surface area contributed by atoms with Crippen LogP contribution in [0.25, 0.3) is 0 Å². The molecule has 2 aromatic rings. The lowest BCUT2D eigenvalue weighted by Crippen LogP contribution is -2.45. The van der Waals surface area contributed by atoms with Crippen molar-refractivity contribution in [3.05, 3.63) is 54.1 Å². The maximum atomic E-state index is 13.2. The van der Waals surface area contributed by atoms with E-state index in [2.05, 4.69) is 4.72 Å². The van der Waals surface area contributed by atoms with Gasteiger partial charge < -0.3 is 4.74 Å². The number of aryl methyl sites for hydroxylation is 1. The van der Waals surface area contributed by atoms with Crippen molar-refractivity contribution in [2.24, 2.45) is 5.92 Å². The predicted molar refractivity (Wildman–Crippen MR) is 129 cm³/mol. The van der Waals surface area contributed by atoms with Gasteiger partial charge in [0.25, 0.3) is 0 Å². The van der Waals surface area contributed by atoms with E-state index in [0.29, 0.717) is 37.7 Å². The van der Waals surface area contributed by atoms with Crippen molar-refractivity contribution in [3.63, 3.8) is 0 Å². The third-order valence-corrected chi connectivity index (χ3v) is 9.13. The summed E-state index contributed by atoms with van der Waals surface area (Å²) in [6.07, 6.45) is 2.86. The number of nitrogens with one attached hydrogen (secondary N) is 1. The van der Waals surface area contributed by atoms with Gasteiger partial charge in [0.1, 0.15) is 5.75 Å². The van der Waals surface area contributed by atoms with E-state index in [4.69, 9.17) is 4.74 Å². The van der Waals surface area contributed by atoms with E-state index in [0.717, 1.165) is 18.4 Å². The minimum atomic E-state index is -3.69. The first-order valence-electron chi connectivity index (χ1n) is 11.4. The van der Waals surface area contributed by atoms with Crippen LogP contribution >= 0.6 is 0 Å². The van der Waals surface area contributed by atoms with Crippen LogP contribution in [0.1, 0.15) is 45.1 Å². The second-order valence-electron chi connectivity index (χ2n) is 8.94. The van der Waals surface area contributed by atoms with Crippen molar-refractivity contribution < 1.29 is 21.6 Å². The second-order valence-corrected chi connectivity index (χ2v) is 12.6. The number of benzene rings is 2. The summed E-state index contributed by atoms with van der Waals surface area (Å²) in [5.74, 6) is 1.01. The number of nitrogens with zero attached hydrogens (tertiary/aromatic N) is 1. The first-order valence-corrected chi connectivity index (χ1v) is 14.3. The Balaban J connectivity index is 1.62. The molecule has 0 saturated carbocycles. The molecule has 1 heterocycles. The number of piperidine rings is 1. The molecule has 33 heavy (non-hydrogen) atoms. The lowest BCUT2D eigenvalue weighted by Gasteiger charge is -2.34. The molecule has 9 heteroatoms. The highest BCUT2D eigenvalue weighted by Gasteiger charge is 2.33. The van der Waals surface area contributed by atoms with Gasteiger partial charge >= 0.3 is 0 Å². The van der Waals surface area contributed by atoms with E-state index in [9.17, 15) is 16.8 Å². The van der Waals surface area contributed by atoms with E-state index < -0.39 is 20.0 Å². The molecular weight excluding hydrogens is 460 g/mol. The number of hydrogen-bond acceptors (Lipinski definition) is 5. The van der Waals surface area contributed by atoms with Crippen LogP contribution in [0.4, 0.5) is 0 Å². The van der Waals surface area contributed by atoms with E-state index in [-0.39, 0.29) is 22.4 Å². The summed E-state index contributed by atoms with van der Waals surface area (Å²) in [5.41, 5.74) is 0.998. The van der Waals surface area contributed by atoms with Crippen molar-refractivity contribution in [2.75, 3.05) is 19.7 Å². The van der Waals surface area contributed by atoms with Gasteiger partial charge in [-0.05, 0) is 68.5 Å². The summed E-state index contributed by atoms with van der Waals surface area (Å²) in [4.78, 5) is 0.438. The third-order valence-electron chi connectivity index (χ3n) is 5.69. The molecule has 1 N–H and O–H groups in total. The first kappa shape index (κ1) is 25.7. The maximum Gasteiger partial charge on any atom is 0.243 e. The topological polar surface area (TPSA) is 92.8 Å². The van der Waals surface area contributed by atoms with E-state index in [1.807, 2.05) is 20.8 Å². The minimum Gasteiger partial charge on any atom is -0.493 e. The zero-order chi connectivity index (χ0) is 24.1. The molecule has 182 valence electrons. The van der Waals surface area contributed by atoms with E-state index in [1.165, 1.54) is 16.4 Å². The second kappa shape index (κ2) is 11.0. The summed E-state index contributed by atoms with van der Waals surface area (Å²) in [6.45, 7) is 7.18. The highest BCUT2D eigenvalue weighted by Crippen LogP contribution is 2.27. The zero-order valence-corrected chi connectivity index (χ0v) is 21.2. The quantitative estimate of drug-likeness (QED) is 0.540. The molecule has 1 fully saturated rings. The third kappa shape index (κ3) is 6.79. The Morgan fingerprint density at radius 2 is 1.61 bits per heavy atom. The molecule has 3 rings (SSSR count). The first-order chi connectivity index (χ1) is 15.6. The predicted octanol–water partition coefficient (Wildman–Crippen LogP) is 3.94. The van der Waals surface area contributed by atoms with Crippen LogP contribution in [0, 0.1) is 12.8 Å². The molecule has 0 aromatic heterocycles. The summed E-state index contributed by atoms with van der Waals surface area (Å²) in [7, 11) is -7.31. The lowest BCUT2D eigenvalue weighted by atomic mass is 10.0. The molecule has 1 unspecified atom stereocenters. The van der Waals surface area contributed by atoms with Gasteiger partial charge in [0, 0.05) is 19.1 Å². The van der Waals surface area contributed by atoms with Crippen LogP contribution in [0.2, 0.25) is 0 Å². The molecule has 7 nitrogen and oxygen atoms in total. The number of hydrogen-bond donors (Lipinski definition) is 1.